The molecule has 0 atom stereocenters. The van der Waals surface area contributed by atoms with Gasteiger partial charge in [-0.2, -0.15) is 0 Å². The molecule has 0 aliphatic rings. The molecule has 0 unspecified atom stereocenters. The molecule has 0 bridgehead atoms. The van der Waals surface area contributed by atoms with E-state index in [-0.39, 0.29) is 5.97 Å². The van der Waals surface area contributed by atoms with Crippen molar-refractivity contribution < 1.29 is 19.0 Å². The monoisotopic (exact) mass is 296 g/mol. The van der Waals surface area contributed by atoms with Crippen molar-refractivity contribution in [3.05, 3.63) is 23.3 Å². The molecular weight excluding hydrogens is 272 g/mol. The van der Waals surface area contributed by atoms with Gasteiger partial charge in [0, 0.05) is 19.7 Å². The van der Waals surface area contributed by atoms with Gasteiger partial charge in [0.1, 0.15) is 5.82 Å². The van der Waals surface area contributed by atoms with Gasteiger partial charge in [-0.25, -0.2) is 14.8 Å². The molecule has 118 valence electrons. The SMILES string of the molecule is CCCc1nc(CCOCCOC)ncc1C(=O)OCC. The third kappa shape index (κ3) is 6.18. The molecule has 21 heavy (non-hydrogen) atoms. The smallest absolute Gasteiger partial charge is 0.341 e. The molecule has 0 aliphatic heterocycles. The fraction of sp³-hybridized carbons (Fsp3) is 0.667. The van der Waals surface area contributed by atoms with Crippen LogP contribution in [0.25, 0.3) is 0 Å². The van der Waals surface area contributed by atoms with E-state index in [9.17, 15) is 4.79 Å². The summed E-state index contributed by atoms with van der Waals surface area (Å²) in [6.07, 6.45) is 3.81. The summed E-state index contributed by atoms with van der Waals surface area (Å²) in [5.41, 5.74) is 1.21. The molecule has 0 saturated heterocycles. The minimum Gasteiger partial charge on any atom is -0.462 e. The summed E-state index contributed by atoms with van der Waals surface area (Å²) >= 11 is 0. The lowest BCUT2D eigenvalue weighted by molar-refractivity contribution is 0.0523. The summed E-state index contributed by atoms with van der Waals surface area (Å²) < 4.78 is 15.3. The van der Waals surface area contributed by atoms with Gasteiger partial charge in [-0.1, -0.05) is 13.3 Å². The quantitative estimate of drug-likeness (QED) is 0.484. The maximum absolute atomic E-state index is 11.8. The van der Waals surface area contributed by atoms with E-state index in [0.29, 0.717) is 44.2 Å². The topological polar surface area (TPSA) is 70.5 Å². The minimum absolute atomic E-state index is 0.347. The maximum Gasteiger partial charge on any atom is 0.341 e. The van der Waals surface area contributed by atoms with Crippen molar-refractivity contribution in [3.8, 4) is 0 Å². The fourth-order valence-electron chi connectivity index (χ4n) is 1.79. The van der Waals surface area contributed by atoms with Gasteiger partial charge in [-0.05, 0) is 13.3 Å². The second-order valence-electron chi connectivity index (χ2n) is 4.47. The van der Waals surface area contributed by atoms with Gasteiger partial charge in [0.05, 0.1) is 37.7 Å². The molecule has 1 aromatic heterocycles. The van der Waals surface area contributed by atoms with Crippen LogP contribution in [-0.4, -0.2) is 49.5 Å². The van der Waals surface area contributed by atoms with E-state index in [2.05, 4.69) is 9.97 Å². The molecule has 0 N–H and O–H groups in total. The number of hydrogen-bond donors (Lipinski definition) is 0. The number of methoxy groups -OCH3 is 1. The summed E-state index contributed by atoms with van der Waals surface area (Å²) in [5, 5.41) is 0. The third-order valence-electron chi connectivity index (χ3n) is 2.80. The van der Waals surface area contributed by atoms with E-state index in [1.165, 1.54) is 0 Å². The molecule has 1 rings (SSSR count). The number of nitrogens with zero attached hydrogens (tertiary/aromatic N) is 2. The van der Waals surface area contributed by atoms with E-state index < -0.39 is 0 Å². The predicted molar refractivity (Wildman–Crippen MR) is 78.4 cm³/mol. The number of ether oxygens (including phenoxy) is 3. The Morgan fingerprint density at radius 3 is 2.67 bits per heavy atom. The van der Waals surface area contributed by atoms with Crippen LogP contribution in [0.1, 0.15) is 42.1 Å². The summed E-state index contributed by atoms with van der Waals surface area (Å²) in [6.45, 7) is 5.84. The zero-order chi connectivity index (χ0) is 15.5. The van der Waals surface area contributed by atoms with Gasteiger partial charge < -0.3 is 14.2 Å². The second-order valence-corrected chi connectivity index (χ2v) is 4.47. The van der Waals surface area contributed by atoms with Gasteiger partial charge in [-0.15, -0.1) is 0 Å². The van der Waals surface area contributed by atoms with E-state index >= 15 is 0 Å². The van der Waals surface area contributed by atoms with Crippen LogP contribution in [0.15, 0.2) is 6.20 Å². The molecular formula is C15H24N2O4. The van der Waals surface area contributed by atoms with Crippen molar-refractivity contribution in [2.45, 2.75) is 33.1 Å². The summed E-state index contributed by atoms with van der Waals surface area (Å²) in [5.74, 6) is 0.327. The predicted octanol–water partition coefficient (Wildman–Crippen LogP) is 1.81. The first-order chi connectivity index (χ1) is 10.2. The fourth-order valence-corrected chi connectivity index (χ4v) is 1.79. The van der Waals surface area contributed by atoms with Crippen molar-refractivity contribution in [3.63, 3.8) is 0 Å². The van der Waals surface area contributed by atoms with Crippen LogP contribution in [0, 0.1) is 0 Å². The molecule has 0 fully saturated rings. The molecule has 0 saturated carbocycles. The van der Waals surface area contributed by atoms with Crippen LogP contribution in [0.4, 0.5) is 0 Å². The normalized spacial score (nSPS) is 10.6. The second kappa shape index (κ2) is 10.2. The lowest BCUT2D eigenvalue weighted by Crippen LogP contribution is -2.13. The summed E-state index contributed by atoms with van der Waals surface area (Å²) in [6, 6.07) is 0. The van der Waals surface area contributed by atoms with Crippen LogP contribution in [0.5, 0.6) is 0 Å². The Kier molecular flexibility index (Phi) is 8.54. The zero-order valence-electron chi connectivity index (χ0n) is 13.1. The van der Waals surface area contributed by atoms with Crippen LogP contribution in [0.3, 0.4) is 0 Å². The molecule has 1 heterocycles. The molecule has 1 aromatic rings. The van der Waals surface area contributed by atoms with Gasteiger partial charge in [-0.3, -0.25) is 0 Å². The highest BCUT2D eigenvalue weighted by Crippen LogP contribution is 2.10. The highest BCUT2D eigenvalue weighted by atomic mass is 16.5. The highest BCUT2D eigenvalue weighted by molar-refractivity contribution is 5.90. The van der Waals surface area contributed by atoms with Gasteiger partial charge in [0.25, 0.3) is 0 Å². The molecule has 0 amide bonds. The Bertz CT molecular complexity index is 438. The summed E-state index contributed by atoms with van der Waals surface area (Å²) in [7, 11) is 1.64. The Hall–Kier alpha value is -1.53. The first-order valence-corrected chi connectivity index (χ1v) is 7.31. The minimum atomic E-state index is -0.358. The largest absolute Gasteiger partial charge is 0.462 e. The van der Waals surface area contributed by atoms with E-state index in [4.69, 9.17) is 14.2 Å². The number of aryl methyl sites for hydroxylation is 1. The number of carbonyl (C=O) groups excluding carboxylic acids is 1. The summed E-state index contributed by atoms with van der Waals surface area (Å²) in [4.78, 5) is 20.5. The van der Waals surface area contributed by atoms with Crippen molar-refractivity contribution in [1.29, 1.82) is 0 Å². The van der Waals surface area contributed by atoms with Gasteiger partial charge >= 0.3 is 5.97 Å². The van der Waals surface area contributed by atoms with Crippen molar-refractivity contribution >= 4 is 5.97 Å². The number of rotatable bonds is 10. The molecule has 0 radical (unpaired) electrons. The Morgan fingerprint density at radius 2 is 2.00 bits per heavy atom. The van der Waals surface area contributed by atoms with E-state index in [1.54, 1.807) is 20.2 Å². The van der Waals surface area contributed by atoms with Crippen LogP contribution < -0.4 is 0 Å². The average molecular weight is 296 g/mol. The van der Waals surface area contributed by atoms with E-state index in [0.717, 1.165) is 18.5 Å². The van der Waals surface area contributed by atoms with Crippen molar-refractivity contribution in [2.75, 3.05) is 33.5 Å². The first kappa shape index (κ1) is 17.5. The van der Waals surface area contributed by atoms with Gasteiger partial charge in [0.15, 0.2) is 0 Å². The van der Waals surface area contributed by atoms with E-state index in [1.807, 2.05) is 6.92 Å². The van der Waals surface area contributed by atoms with Crippen LogP contribution in [0.2, 0.25) is 0 Å². The highest BCUT2D eigenvalue weighted by Gasteiger charge is 2.15. The molecule has 6 heteroatoms. The Morgan fingerprint density at radius 1 is 1.19 bits per heavy atom. The molecule has 0 aliphatic carbocycles. The van der Waals surface area contributed by atoms with Crippen LogP contribution >= 0.6 is 0 Å². The van der Waals surface area contributed by atoms with Gasteiger partial charge in [0.2, 0.25) is 0 Å². The zero-order valence-corrected chi connectivity index (χ0v) is 13.1. The van der Waals surface area contributed by atoms with Crippen molar-refractivity contribution in [1.82, 2.24) is 9.97 Å². The Balaban J connectivity index is 2.66. The molecule has 0 aromatic carbocycles. The maximum atomic E-state index is 11.8. The number of aromatic nitrogens is 2. The van der Waals surface area contributed by atoms with Crippen LogP contribution in [-0.2, 0) is 27.1 Å². The first-order valence-electron chi connectivity index (χ1n) is 7.31. The number of esters is 1. The molecule has 6 nitrogen and oxygen atoms in total. The Labute approximate surface area is 125 Å². The lowest BCUT2D eigenvalue weighted by Gasteiger charge is -2.09. The van der Waals surface area contributed by atoms with Crippen molar-refractivity contribution in [2.24, 2.45) is 0 Å². The average Bonchev–Trinajstić information content (AvgIpc) is 2.48. The molecule has 0 spiro atoms. The number of hydrogen-bond acceptors (Lipinski definition) is 6. The number of carbonyl (C=O) groups is 1. The lowest BCUT2D eigenvalue weighted by atomic mass is 10.1. The third-order valence-corrected chi connectivity index (χ3v) is 2.80. The standard InChI is InChI=1S/C15H24N2O4/c1-4-6-13-12(15(18)21-5-2)11-16-14(17-13)7-8-20-10-9-19-3/h11H,4-10H2,1-3H3.